The van der Waals surface area contributed by atoms with Crippen LogP contribution in [0.1, 0.15) is 38.7 Å². The van der Waals surface area contributed by atoms with Gasteiger partial charge in [0.15, 0.2) is 0 Å². The Hall–Kier alpha value is -1.13. The Balaban J connectivity index is 2.08. The van der Waals surface area contributed by atoms with E-state index in [1.54, 1.807) is 7.11 Å². The molecule has 2 unspecified atom stereocenters. The minimum atomic E-state index is -0.175. The Labute approximate surface area is 127 Å². The molecule has 2 rings (SSSR count). The molecule has 1 fully saturated rings. The Morgan fingerprint density at radius 1 is 1.43 bits per heavy atom. The van der Waals surface area contributed by atoms with Crippen LogP contribution < -0.4 is 10.1 Å². The molecule has 1 N–H and O–H groups in total. The number of nitrogens with one attached hydrogen (secondary N) is 1. The van der Waals surface area contributed by atoms with E-state index in [1.165, 1.54) is 18.9 Å². The zero-order valence-corrected chi connectivity index (χ0v) is 13.4. The van der Waals surface area contributed by atoms with Gasteiger partial charge in [-0.05, 0) is 32.4 Å². The zero-order chi connectivity index (χ0) is 15.2. The maximum Gasteiger partial charge on any atom is 0.131 e. The van der Waals surface area contributed by atoms with E-state index in [4.69, 9.17) is 4.74 Å². The van der Waals surface area contributed by atoms with E-state index >= 15 is 0 Å². The molecule has 118 valence electrons. The van der Waals surface area contributed by atoms with Crippen molar-refractivity contribution in [3.05, 3.63) is 29.6 Å². The standard InChI is InChI=1S/C17H27FN2O/c1-4-5-15-12-20(13(2)8-9-19-15)11-14-6-7-16(21-3)10-17(14)18/h6-7,10,13,15,19H,4-5,8-9,11-12H2,1-3H3. The minimum Gasteiger partial charge on any atom is -0.497 e. The third-order valence-electron chi connectivity index (χ3n) is 4.34. The first kappa shape index (κ1) is 16.2. The molecule has 1 aliphatic rings. The van der Waals surface area contributed by atoms with E-state index in [1.807, 2.05) is 12.1 Å². The van der Waals surface area contributed by atoms with Crippen LogP contribution in [0.2, 0.25) is 0 Å². The molecule has 3 nitrogen and oxygen atoms in total. The molecule has 4 heteroatoms. The SMILES string of the molecule is CCCC1CN(Cc2ccc(OC)cc2F)C(C)CCN1. The number of benzene rings is 1. The minimum absolute atomic E-state index is 0.175. The van der Waals surface area contributed by atoms with Gasteiger partial charge >= 0.3 is 0 Å². The molecule has 1 aliphatic heterocycles. The van der Waals surface area contributed by atoms with Gasteiger partial charge in [-0.3, -0.25) is 4.90 Å². The van der Waals surface area contributed by atoms with E-state index in [0.717, 1.165) is 25.1 Å². The lowest BCUT2D eigenvalue weighted by molar-refractivity contribution is 0.191. The van der Waals surface area contributed by atoms with Crippen LogP contribution in [0.4, 0.5) is 4.39 Å². The van der Waals surface area contributed by atoms with Gasteiger partial charge in [-0.15, -0.1) is 0 Å². The second-order valence-corrected chi connectivity index (χ2v) is 5.96. The molecule has 0 saturated carbocycles. The summed E-state index contributed by atoms with van der Waals surface area (Å²) < 4.78 is 19.2. The summed E-state index contributed by atoms with van der Waals surface area (Å²) in [5.74, 6) is 0.400. The molecule has 1 saturated heterocycles. The topological polar surface area (TPSA) is 24.5 Å². The first-order chi connectivity index (χ1) is 10.1. The molecule has 1 aromatic rings. The van der Waals surface area contributed by atoms with Gasteiger partial charge in [0, 0.05) is 36.8 Å². The Morgan fingerprint density at radius 3 is 2.90 bits per heavy atom. The summed E-state index contributed by atoms with van der Waals surface area (Å²) in [6, 6.07) is 6.14. The maximum absolute atomic E-state index is 14.1. The van der Waals surface area contributed by atoms with Crippen molar-refractivity contribution in [2.45, 2.75) is 51.7 Å². The van der Waals surface area contributed by atoms with E-state index < -0.39 is 0 Å². The molecule has 2 atom stereocenters. The van der Waals surface area contributed by atoms with Gasteiger partial charge in [-0.1, -0.05) is 19.4 Å². The Morgan fingerprint density at radius 2 is 2.24 bits per heavy atom. The molecule has 0 bridgehead atoms. The quantitative estimate of drug-likeness (QED) is 0.902. The number of halogens is 1. The number of methoxy groups -OCH3 is 1. The lowest BCUT2D eigenvalue weighted by atomic mass is 10.1. The highest BCUT2D eigenvalue weighted by molar-refractivity contribution is 5.28. The van der Waals surface area contributed by atoms with Crippen molar-refractivity contribution in [2.24, 2.45) is 0 Å². The lowest BCUT2D eigenvalue weighted by Crippen LogP contribution is -2.39. The molecule has 0 spiro atoms. The summed E-state index contributed by atoms with van der Waals surface area (Å²) in [7, 11) is 1.56. The molecular formula is C17H27FN2O. The van der Waals surface area contributed by atoms with E-state index in [9.17, 15) is 4.39 Å². The predicted octanol–water partition coefficient (Wildman–Crippen LogP) is 3.19. The van der Waals surface area contributed by atoms with Gasteiger partial charge in [0.25, 0.3) is 0 Å². The van der Waals surface area contributed by atoms with Gasteiger partial charge in [0.2, 0.25) is 0 Å². The number of ether oxygens (including phenoxy) is 1. The normalized spacial score (nSPS) is 23.8. The van der Waals surface area contributed by atoms with Crippen molar-refractivity contribution < 1.29 is 9.13 Å². The summed E-state index contributed by atoms with van der Waals surface area (Å²) >= 11 is 0. The predicted molar refractivity (Wildman–Crippen MR) is 84.1 cm³/mol. The van der Waals surface area contributed by atoms with Gasteiger partial charge in [0.05, 0.1) is 7.11 Å². The van der Waals surface area contributed by atoms with Crippen LogP contribution in [-0.4, -0.2) is 37.2 Å². The molecule has 0 aliphatic carbocycles. The summed E-state index contributed by atoms with van der Waals surface area (Å²) in [5, 5.41) is 3.61. The fraction of sp³-hybridized carbons (Fsp3) is 0.647. The highest BCUT2D eigenvalue weighted by atomic mass is 19.1. The number of hydrogen-bond acceptors (Lipinski definition) is 3. The number of rotatable bonds is 5. The van der Waals surface area contributed by atoms with Crippen LogP contribution in [0, 0.1) is 5.82 Å². The summed E-state index contributed by atoms with van der Waals surface area (Å²) in [6.07, 6.45) is 3.46. The number of hydrogen-bond donors (Lipinski definition) is 1. The summed E-state index contributed by atoms with van der Waals surface area (Å²) in [4.78, 5) is 2.39. The third kappa shape index (κ3) is 4.42. The van der Waals surface area contributed by atoms with E-state index in [-0.39, 0.29) is 5.82 Å². The van der Waals surface area contributed by atoms with Crippen molar-refractivity contribution in [2.75, 3.05) is 20.2 Å². The highest BCUT2D eigenvalue weighted by Crippen LogP contribution is 2.20. The molecule has 0 radical (unpaired) electrons. The van der Waals surface area contributed by atoms with Crippen LogP contribution in [0.3, 0.4) is 0 Å². The smallest absolute Gasteiger partial charge is 0.131 e. The Bertz CT molecular complexity index is 452. The maximum atomic E-state index is 14.1. The van der Waals surface area contributed by atoms with Crippen LogP contribution in [0.15, 0.2) is 18.2 Å². The van der Waals surface area contributed by atoms with Gasteiger partial charge in [-0.25, -0.2) is 4.39 Å². The lowest BCUT2D eigenvalue weighted by Gasteiger charge is -2.29. The summed E-state index contributed by atoms with van der Waals surface area (Å²) in [6.45, 7) is 7.15. The molecule has 0 amide bonds. The zero-order valence-electron chi connectivity index (χ0n) is 13.4. The van der Waals surface area contributed by atoms with Crippen LogP contribution in [0.25, 0.3) is 0 Å². The van der Waals surface area contributed by atoms with Crippen LogP contribution >= 0.6 is 0 Å². The van der Waals surface area contributed by atoms with Crippen molar-refractivity contribution in [3.63, 3.8) is 0 Å². The van der Waals surface area contributed by atoms with Crippen LogP contribution in [0.5, 0.6) is 5.75 Å². The van der Waals surface area contributed by atoms with Crippen molar-refractivity contribution >= 4 is 0 Å². The monoisotopic (exact) mass is 294 g/mol. The molecule has 0 aromatic heterocycles. The molecule has 21 heavy (non-hydrogen) atoms. The Kier molecular flexibility index (Phi) is 6.00. The fourth-order valence-electron chi connectivity index (χ4n) is 2.97. The van der Waals surface area contributed by atoms with E-state index in [0.29, 0.717) is 24.4 Å². The van der Waals surface area contributed by atoms with Crippen molar-refractivity contribution in [1.29, 1.82) is 0 Å². The second-order valence-electron chi connectivity index (χ2n) is 5.96. The van der Waals surface area contributed by atoms with Gasteiger partial charge in [-0.2, -0.15) is 0 Å². The number of nitrogens with zero attached hydrogens (tertiary/aromatic N) is 1. The third-order valence-corrected chi connectivity index (χ3v) is 4.34. The molecule has 1 heterocycles. The second kappa shape index (κ2) is 7.76. The molecule has 1 aromatic carbocycles. The van der Waals surface area contributed by atoms with Crippen molar-refractivity contribution in [1.82, 2.24) is 10.2 Å². The van der Waals surface area contributed by atoms with Gasteiger partial charge in [0.1, 0.15) is 11.6 Å². The summed E-state index contributed by atoms with van der Waals surface area (Å²) in [5.41, 5.74) is 0.750. The average Bonchev–Trinajstić information content (AvgIpc) is 2.64. The molecular weight excluding hydrogens is 267 g/mol. The largest absolute Gasteiger partial charge is 0.497 e. The van der Waals surface area contributed by atoms with Crippen molar-refractivity contribution in [3.8, 4) is 5.75 Å². The first-order valence-corrected chi connectivity index (χ1v) is 7.94. The van der Waals surface area contributed by atoms with E-state index in [2.05, 4.69) is 24.1 Å². The average molecular weight is 294 g/mol. The first-order valence-electron chi connectivity index (χ1n) is 7.94. The van der Waals surface area contributed by atoms with Crippen LogP contribution in [-0.2, 0) is 6.54 Å². The fourth-order valence-corrected chi connectivity index (χ4v) is 2.97. The highest BCUT2D eigenvalue weighted by Gasteiger charge is 2.23. The van der Waals surface area contributed by atoms with Gasteiger partial charge < -0.3 is 10.1 Å².